The van der Waals surface area contributed by atoms with Gasteiger partial charge >= 0.3 is 17.9 Å². The van der Waals surface area contributed by atoms with Crippen molar-refractivity contribution in [3.8, 4) is 18.1 Å². The summed E-state index contributed by atoms with van der Waals surface area (Å²) in [6.45, 7) is 10.3. The molecule has 3 saturated carbocycles. The number of hydrogen-bond donors (Lipinski definition) is 1. The van der Waals surface area contributed by atoms with Crippen molar-refractivity contribution in [1.29, 1.82) is 0 Å². The molecule has 2 bridgehead atoms. The average Bonchev–Trinajstić information content (AvgIpc) is 3.61. The molecule has 4 fully saturated rings. The minimum atomic E-state index is -1.59. The maximum Gasteiger partial charge on any atom is 0.312 e. The zero-order chi connectivity index (χ0) is 35.3. The fourth-order valence-electron chi connectivity index (χ4n) is 8.14. The SMILES string of the molecule is C#C[C@]1(COC(=O)CC(C)(C)c2c(C)cc(C)cc2OC(C)=O)O[C@@H](n2cnc3c(N)nc(C)nc32)C[C@@H]1OC(=O)C12CCC(CC1)CC2. The largest absolute Gasteiger partial charge is 0.461 e. The molecule has 3 aromatic rings. The molecular weight excluding hydrogens is 626 g/mol. The summed E-state index contributed by atoms with van der Waals surface area (Å²) in [6.07, 6.45) is 11.6. The number of nitrogens with zero attached hydrogens (tertiary/aromatic N) is 4. The molecule has 0 amide bonds. The monoisotopic (exact) mass is 671 g/mol. The highest BCUT2D eigenvalue weighted by Gasteiger charge is 2.55. The van der Waals surface area contributed by atoms with E-state index >= 15 is 0 Å². The van der Waals surface area contributed by atoms with E-state index in [0.29, 0.717) is 28.7 Å². The zero-order valence-corrected chi connectivity index (χ0v) is 29.1. The number of nitrogen functional groups attached to an aromatic ring is 1. The van der Waals surface area contributed by atoms with Crippen LogP contribution >= 0.6 is 0 Å². The van der Waals surface area contributed by atoms with Gasteiger partial charge in [0, 0.05) is 24.3 Å². The topological polar surface area (TPSA) is 158 Å². The third kappa shape index (κ3) is 6.48. The van der Waals surface area contributed by atoms with E-state index in [1.165, 1.54) is 6.92 Å². The van der Waals surface area contributed by atoms with E-state index in [4.69, 9.17) is 31.1 Å². The Bertz CT molecular complexity index is 1840. The lowest BCUT2D eigenvalue weighted by Crippen LogP contribution is -2.49. The van der Waals surface area contributed by atoms with Crippen LogP contribution in [0.4, 0.5) is 5.82 Å². The second-order valence-electron chi connectivity index (χ2n) is 14.7. The summed E-state index contributed by atoms with van der Waals surface area (Å²) in [5.74, 6) is 3.20. The quantitative estimate of drug-likeness (QED) is 0.178. The van der Waals surface area contributed by atoms with Crippen LogP contribution in [0.1, 0.15) is 101 Å². The van der Waals surface area contributed by atoms with E-state index in [-0.39, 0.29) is 31.2 Å². The van der Waals surface area contributed by atoms with Crippen LogP contribution in [0.15, 0.2) is 18.5 Å². The van der Waals surface area contributed by atoms with Crippen molar-refractivity contribution in [3.05, 3.63) is 41.0 Å². The Morgan fingerprint density at radius 1 is 1.12 bits per heavy atom. The lowest BCUT2D eigenvalue weighted by atomic mass is 9.61. The number of imidazole rings is 1. The van der Waals surface area contributed by atoms with Crippen LogP contribution in [0, 0.1) is 44.4 Å². The highest BCUT2D eigenvalue weighted by molar-refractivity contribution is 5.81. The fraction of sp³-hybridized carbons (Fsp3) is 0.568. The number of anilines is 1. The third-order valence-electron chi connectivity index (χ3n) is 10.6. The van der Waals surface area contributed by atoms with Crippen molar-refractivity contribution in [2.24, 2.45) is 11.3 Å². The predicted octanol–water partition coefficient (Wildman–Crippen LogP) is 5.34. The molecule has 0 unspecified atom stereocenters. The molecule has 49 heavy (non-hydrogen) atoms. The maximum atomic E-state index is 13.9. The number of benzene rings is 1. The number of ether oxygens (including phenoxy) is 4. The van der Waals surface area contributed by atoms with Gasteiger partial charge in [-0.05, 0) is 82.4 Å². The molecule has 1 aliphatic heterocycles. The minimum absolute atomic E-state index is 0.0500. The number of fused-ring (bicyclic) bond motifs is 4. The van der Waals surface area contributed by atoms with Gasteiger partial charge in [0.05, 0.1) is 18.2 Å². The fourth-order valence-corrected chi connectivity index (χ4v) is 8.14. The number of aryl methyl sites for hydroxylation is 3. The predicted molar refractivity (Wildman–Crippen MR) is 180 cm³/mol. The van der Waals surface area contributed by atoms with Crippen LogP contribution in [0.25, 0.3) is 11.2 Å². The van der Waals surface area contributed by atoms with Crippen LogP contribution in [-0.2, 0) is 34.0 Å². The lowest BCUT2D eigenvalue weighted by Gasteiger charge is -2.45. The van der Waals surface area contributed by atoms with Crippen LogP contribution < -0.4 is 10.5 Å². The van der Waals surface area contributed by atoms with E-state index in [2.05, 4.69) is 20.9 Å². The van der Waals surface area contributed by atoms with Gasteiger partial charge in [0.15, 0.2) is 11.5 Å². The van der Waals surface area contributed by atoms with Crippen LogP contribution in [0.5, 0.6) is 5.75 Å². The Kier molecular flexibility index (Phi) is 8.94. The van der Waals surface area contributed by atoms with E-state index in [9.17, 15) is 14.4 Å². The minimum Gasteiger partial charge on any atom is -0.461 e. The molecule has 3 aliphatic carbocycles. The number of rotatable bonds is 9. The Hall–Kier alpha value is -4.50. The van der Waals surface area contributed by atoms with Crippen molar-refractivity contribution in [1.82, 2.24) is 19.5 Å². The Morgan fingerprint density at radius 2 is 1.82 bits per heavy atom. The normalized spacial score (nSPS) is 26.3. The van der Waals surface area contributed by atoms with Gasteiger partial charge in [0.2, 0.25) is 5.60 Å². The number of terminal acetylenes is 1. The molecule has 7 rings (SSSR count). The summed E-state index contributed by atoms with van der Waals surface area (Å²) >= 11 is 0. The number of aromatic nitrogens is 4. The van der Waals surface area contributed by atoms with Crippen molar-refractivity contribution in [3.63, 3.8) is 0 Å². The van der Waals surface area contributed by atoms with Crippen molar-refractivity contribution >= 4 is 34.9 Å². The summed E-state index contributed by atoms with van der Waals surface area (Å²) in [4.78, 5) is 52.6. The average molecular weight is 672 g/mol. The van der Waals surface area contributed by atoms with Crippen molar-refractivity contribution < 1.29 is 33.3 Å². The highest BCUT2D eigenvalue weighted by atomic mass is 16.6. The number of hydrogen-bond acceptors (Lipinski definition) is 11. The summed E-state index contributed by atoms with van der Waals surface area (Å²) < 4.78 is 26.0. The van der Waals surface area contributed by atoms with Gasteiger partial charge in [-0.3, -0.25) is 19.0 Å². The number of nitrogens with two attached hydrogens (primary N) is 1. The molecule has 3 heterocycles. The van der Waals surface area contributed by atoms with Gasteiger partial charge in [0.1, 0.15) is 36.0 Å². The smallest absolute Gasteiger partial charge is 0.312 e. The molecular formula is C37H45N5O7. The first-order chi connectivity index (χ1) is 23.1. The van der Waals surface area contributed by atoms with Crippen LogP contribution in [0.2, 0.25) is 0 Å². The summed E-state index contributed by atoms with van der Waals surface area (Å²) in [5.41, 5.74) is 6.62. The molecule has 0 spiro atoms. The van der Waals surface area contributed by atoms with Gasteiger partial charge in [-0.15, -0.1) is 6.42 Å². The summed E-state index contributed by atoms with van der Waals surface area (Å²) in [5, 5.41) is 0. The molecule has 2 aromatic heterocycles. The molecule has 12 heteroatoms. The van der Waals surface area contributed by atoms with E-state index in [0.717, 1.165) is 55.2 Å². The van der Waals surface area contributed by atoms with Gasteiger partial charge in [-0.1, -0.05) is 25.8 Å². The Labute approximate surface area is 286 Å². The van der Waals surface area contributed by atoms with Gasteiger partial charge in [0.25, 0.3) is 0 Å². The number of carbonyl (C=O) groups is 3. The molecule has 0 radical (unpaired) electrons. The summed E-state index contributed by atoms with van der Waals surface area (Å²) in [7, 11) is 0. The Balaban J connectivity index is 1.26. The third-order valence-corrected chi connectivity index (χ3v) is 10.6. The van der Waals surface area contributed by atoms with Crippen molar-refractivity contribution in [2.45, 2.75) is 116 Å². The standard InChI is InChI=1S/C37H45N5O7/c1-8-37(19-46-29(44)18-35(6,7)30-22(3)15-21(2)16-26(30)47-24(5)43)27(48-34(45)36-12-9-25(10-13-36)11-14-36)17-28(49-37)42-20-39-31-32(38)40-23(4)41-33(31)42/h1,15-16,20,25,27-28H,9-14,17-19H2,2-7H3,(H2,38,40,41)/t25?,27-,28+,36?,37+/m0/s1. The number of carbonyl (C=O) groups excluding carboxylic acids is 3. The first-order valence-electron chi connectivity index (χ1n) is 16.9. The second kappa shape index (κ2) is 12.8. The maximum absolute atomic E-state index is 13.9. The zero-order valence-electron chi connectivity index (χ0n) is 29.1. The molecule has 1 aromatic carbocycles. The second-order valence-corrected chi connectivity index (χ2v) is 14.7. The van der Waals surface area contributed by atoms with E-state index in [1.54, 1.807) is 23.9 Å². The first kappa shape index (κ1) is 34.4. The van der Waals surface area contributed by atoms with E-state index < -0.39 is 40.7 Å². The van der Waals surface area contributed by atoms with Gasteiger partial charge in [-0.2, -0.15) is 0 Å². The van der Waals surface area contributed by atoms with Crippen LogP contribution in [-0.4, -0.2) is 55.7 Å². The first-order valence-corrected chi connectivity index (χ1v) is 16.9. The molecule has 12 nitrogen and oxygen atoms in total. The highest BCUT2D eigenvalue weighted by Crippen LogP contribution is 2.52. The van der Waals surface area contributed by atoms with E-state index in [1.807, 2.05) is 33.8 Å². The van der Waals surface area contributed by atoms with Gasteiger partial charge in [-0.25, -0.2) is 15.0 Å². The molecule has 2 N–H and O–H groups in total. The molecule has 260 valence electrons. The van der Waals surface area contributed by atoms with Crippen LogP contribution in [0.3, 0.4) is 0 Å². The molecule has 4 aliphatic rings. The number of esters is 3. The molecule has 3 atom stereocenters. The lowest BCUT2D eigenvalue weighted by molar-refractivity contribution is -0.179. The van der Waals surface area contributed by atoms with Gasteiger partial charge < -0.3 is 24.7 Å². The Morgan fingerprint density at radius 3 is 2.47 bits per heavy atom. The van der Waals surface area contributed by atoms with Crippen molar-refractivity contribution in [2.75, 3.05) is 12.3 Å². The molecule has 1 saturated heterocycles. The summed E-state index contributed by atoms with van der Waals surface area (Å²) in [6, 6.07) is 3.76.